The quantitative estimate of drug-likeness (QED) is 0.737. The largest absolute Gasteiger partial charge is 0.394 e. The Morgan fingerprint density at radius 1 is 1.38 bits per heavy atom. The van der Waals surface area contributed by atoms with Gasteiger partial charge in [-0.05, 0) is 7.05 Å². The number of rotatable bonds is 6. The Morgan fingerprint density at radius 3 is 2.19 bits per heavy atom. The van der Waals surface area contributed by atoms with Gasteiger partial charge in [-0.3, -0.25) is 0 Å². The molecule has 0 aromatic heterocycles. The maximum absolute atomic E-state index is 12.3. The maximum atomic E-state index is 12.3. The molecular formula is C8H17F3N2O2S. The Hall–Kier alpha value is -0.340. The lowest BCUT2D eigenvalue weighted by atomic mass is 10.1. The van der Waals surface area contributed by atoms with Crippen LogP contribution in [0, 0.1) is 5.92 Å². The van der Waals surface area contributed by atoms with Crippen LogP contribution in [0.15, 0.2) is 0 Å². The smallest absolute Gasteiger partial charge is 0.330 e. The molecule has 0 amide bonds. The minimum Gasteiger partial charge on any atom is -0.330 e. The average molecular weight is 262 g/mol. The SMILES string of the molecule is CN(CCS(C)(=O)=O)CC(CN)C(F)(F)F. The van der Waals surface area contributed by atoms with Gasteiger partial charge in [0.05, 0.1) is 11.7 Å². The zero-order chi connectivity index (χ0) is 13.0. The number of alkyl halides is 3. The van der Waals surface area contributed by atoms with Crippen LogP contribution in [0.3, 0.4) is 0 Å². The van der Waals surface area contributed by atoms with E-state index in [2.05, 4.69) is 0 Å². The molecule has 0 aromatic rings. The van der Waals surface area contributed by atoms with E-state index in [-0.39, 0.29) is 18.8 Å². The summed E-state index contributed by atoms with van der Waals surface area (Å²) < 4.78 is 58.6. The van der Waals surface area contributed by atoms with E-state index in [9.17, 15) is 21.6 Å². The molecule has 0 aliphatic heterocycles. The van der Waals surface area contributed by atoms with E-state index < -0.39 is 28.5 Å². The van der Waals surface area contributed by atoms with E-state index in [0.29, 0.717) is 0 Å². The van der Waals surface area contributed by atoms with Gasteiger partial charge in [0.15, 0.2) is 0 Å². The molecule has 1 atom stereocenters. The molecule has 0 rings (SSSR count). The lowest BCUT2D eigenvalue weighted by Gasteiger charge is -2.24. The molecule has 0 aromatic carbocycles. The Balaban J connectivity index is 4.17. The van der Waals surface area contributed by atoms with Crippen LogP contribution in [0.5, 0.6) is 0 Å². The highest BCUT2D eigenvalue weighted by Gasteiger charge is 2.38. The molecule has 8 heteroatoms. The van der Waals surface area contributed by atoms with Crippen LogP contribution < -0.4 is 5.73 Å². The van der Waals surface area contributed by atoms with Gasteiger partial charge in [-0.1, -0.05) is 0 Å². The Kier molecular flexibility index (Phi) is 5.71. The number of halogens is 3. The van der Waals surface area contributed by atoms with Crippen molar-refractivity contribution in [2.24, 2.45) is 11.7 Å². The van der Waals surface area contributed by atoms with Crippen molar-refractivity contribution in [3.63, 3.8) is 0 Å². The van der Waals surface area contributed by atoms with Gasteiger partial charge in [0.1, 0.15) is 9.84 Å². The lowest BCUT2D eigenvalue weighted by molar-refractivity contribution is -0.175. The summed E-state index contributed by atoms with van der Waals surface area (Å²) in [4.78, 5) is 1.33. The zero-order valence-electron chi connectivity index (χ0n) is 9.29. The van der Waals surface area contributed by atoms with Gasteiger partial charge in [-0.2, -0.15) is 13.2 Å². The molecule has 0 radical (unpaired) electrons. The standard InChI is InChI=1S/C8H17F3N2O2S/c1-13(3-4-16(2,14)15)6-7(5-12)8(9,10)11/h7H,3-6,12H2,1-2H3. The van der Waals surface area contributed by atoms with E-state index in [1.807, 2.05) is 0 Å². The minimum absolute atomic E-state index is 0.0748. The molecule has 2 N–H and O–H groups in total. The summed E-state index contributed by atoms with van der Waals surface area (Å²) >= 11 is 0. The van der Waals surface area contributed by atoms with Crippen molar-refractivity contribution < 1.29 is 21.6 Å². The van der Waals surface area contributed by atoms with Crippen LogP contribution in [0.2, 0.25) is 0 Å². The van der Waals surface area contributed by atoms with Crippen molar-refractivity contribution in [1.82, 2.24) is 4.90 Å². The minimum atomic E-state index is -4.34. The van der Waals surface area contributed by atoms with E-state index in [1.165, 1.54) is 11.9 Å². The van der Waals surface area contributed by atoms with E-state index in [0.717, 1.165) is 6.26 Å². The second-order valence-electron chi connectivity index (χ2n) is 3.87. The Labute approximate surface area is 93.5 Å². The van der Waals surface area contributed by atoms with Gasteiger partial charge >= 0.3 is 6.18 Å². The molecule has 0 saturated heterocycles. The number of hydrogen-bond acceptors (Lipinski definition) is 4. The third kappa shape index (κ3) is 7.02. The predicted octanol–water partition coefficient (Wildman–Crippen LogP) is 0.100. The fourth-order valence-electron chi connectivity index (χ4n) is 1.10. The van der Waals surface area contributed by atoms with Crippen LogP contribution in [-0.4, -0.2) is 58.2 Å². The highest BCUT2D eigenvalue weighted by atomic mass is 32.2. The molecule has 0 aliphatic rings. The van der Waals surface area contributed by atoms with Gasteiger partial charge < -0.3 is 10.6 Å². The third-order valence-electron chi connectivity index (χ3n) is 2.12. The fourth-order valence-corrected chi connectivity index (χ4v) is 1.74. The molecule has 98 valence electrons. The zero-order valence-corrected chi connectivity index (χ0v) is 10.1. The first-order chi connectivity index (χ1) is 7.06. The highest BCUT2D eigenvalue weighted by Crippen LogP contribution is 2.25. The van der Waals surface area contributed by atoms with E-state index in [1.54, 1.807) is 0 Å². The second-order valence-corrected chi connectivity index (χ2v) is 6.13. The van der Waals surface area contributed by atoms with E-state index >= 15 is 0 Å². The monoisotopic (exact) mass is 262 g/mol. The highest BCUT2D eigenvalue weighted by molar-refractivity contribution is 7.90. The predicted molar refractivity (Wildman–Crippen MR) is 55.8 cm³/mol. The summed E-state index contributed by atoms with van der Waals surface area (Å²) in [5.74, 6) is -1.77. The molecule has 4 nitrogen and oxygen atoms in total. The summed E-state index contributed by atoms with van der Waals surface area (Å²) in [6.45, 7) is -0.701. The molecule has 0 fully saturated rings. The number of sulfone groups is 1. The molecule has 16 heavy (non-hydrogen) atoms. The molecular weight excluding hydrogens is 245 g/mol. The maximum Gasteiger partial charge on any atom is 0.394 e. The van der Waals surface area contributed by atoms with Gasteiger partial charge in [0.2, 0.25) is 0 Å². The van der Waals surface area contributed by atoms with Gasteiger partial charge in [-0.15, -0.1) is 0 Å². The van der Waals surface area contributed by atoms with Crippen LogP contribution in [-0.2, 0) is 9.84 Å². The average Bonchev–Trinajstić information content (AvgIpc) is 2.07. The molecule has 0 heterocycles. The van der Waals surface area contributed by atoms with Gasteiger partial charge in [0, 0.05) is 25.9 Å². The summed E-state index contributed by atoms with van der Waals surface area (Å²) in [5, 5.41) is 0. The van der Waals surface area contributed by atoms with Crippen molar-refractivity contribution in [3.8, 4) is 0 Å². The Morgan fingerprint density at radius 2 is 1.88 bits per heavy atom. The molecule has 1 unspecified atom stereocenters. The van der Waals surface area contributed by atoms with Crippen molar-refractivity contribution >= 4 is 9.84 Å². The first-order valence-corrected chi connectivity index (χ1v) is 6.75. The van der Waals surface area contributed by atoms with E-state index in [4.69, 9.17) is 5.73 Å². The topological polar surface area (TPSA) is 63.4 Å². The van der Waals surface area contributed by atoms with Crippen LogP contribution in [0.4, 0.5) is 13.2 Å². The number of nitrogens with two attached hydrogens (primary N) is 1. The lowest BCUT2D eigenvalue weighted by Crippen LogP contribution is -2.40. The van der Waals surface area contributed by atoms with Crippen molar-refractivity contribution in [3.05, 3.63) is 0 Å². The second kappa shape index (κ2) is 5.83. The fraction of sp³-hybridized carbons (Fsp3) is 1.00. The first kappa shape index (κ1) is 15.7. The van der Waals surface area contributed by atoms with Crippen molar-refractivity contribution in [2.75, 3.05) is 38.7 Å². The molecule has 0 saturated carbocycles. The van der Waals surface area contributed by atoms with Crippen molar-refractivity contribution in [1.29, 1.82) is 0 Å². The van der Waals surface area contributed by atoms with Gasteiger partial charge in [-0.25, -0.2) is 8.42 Å². The van der Waals surface area contributed by atoms with Crippen molar-refractivity contribution in [2.45, 2.75) is 6.18 Å². The summed E-state index contributed by atoms with van der Waals surface area (Å²) in [6, 6.07) is 0. The van der Waals surface area contributed by atoms with Gasteiger partial charge in [0.25, 0.3) is 0 Å². The number of hydrogen-bond donors (Lipinski definition) is 1. The molecule has 0 bridgehead atoms. The third-order valence-corrected chi connectivity index (χ3v) is 3.05. The molecule has 0 aliphatic carbocycles. The van der Waals surface area contributed by atoms with Crippen LogP contribution in [0.25, 0.3) is 0 Å². The summed E-state index contributed by atoms with van der Waals surface area (Å²) in [5.41, 5.74) is 5.02. The Bertz CT molecular complexity index is 303. The van der Waals surface area contributed by atoms with Crippen LogP contribution >= 0.6 is 0 Å². The number of nitrogens with zero attached hydrogens (tertiary/aromatic N) is 1. The normalized spacial score (nSPS) is 15.4. The molecule has 0 spiro atoms. The van der Waals surface area contributed by atoms with Crippen LogP contribution in [0.1, 0.15) is 0 Å². The summed E-state index contributed by atoms with van der Waals surface area (Å²) in [6.07, 6.45) is -3.29. The summed E-state index contributed by atoms with van der Waals surface area (Å²) in [7, 11) is -1.71. The first-order valence-electron chi connectivity index (χ1n) is 4.69.